The molecule has 1 unspecified atom stereocenters. The maximum atomic E-state index is 11.3. The highest BCUT2D eigenvalue weighted by molar-refractivity contribution is 5.85. The number of allylic oxidation sites excluding steroid dienone is 6. The van der Waals surface area contributed by atoms with Crippen molar-refractivity contribution >= 4 is 5.97 Å². The van der Waals surface area contributed by atoms with Gasteiger partial charge in [-0.05, 0) is 84.0 Å². The zero-order valence-corrected chi connectivity index (χ0v) is 19.4. The van der Waals surface area contributed by atoms with E-state index in [0.717, 1.165) is 31.3 Å². The van der Waals surface area contributed by atoms with Crippen molar-refractivity contribution in [3.63, 3.8) is 0 Å². The summed E-state index contributed by atoms with van der Waals surface area (Å²) in [6.45, 7) is 11.6. The molecular formula is C26H40O3. The second-order valence-corrected chi connectivity index (χ2v) is 9.40. The molecule has 0 saturated carbocycles. The van der Waals surface area contributed by atoms with Crippen LogP contribution in [0.2, 0.25) is 0 Å². The predicted octanol–water partition coefficient (Wildman–Crippen LogP) is 7.20. The van der Waals surface area contributed by atoms with E-state index in [9.17, 15) is 4.79 Å². The van der Waals surface area contributed by atoms with Crippen molar-refractivity contribution in [1.82, 2.24) is 0 Å². The number of rotatable bonds is 10. The number of hydrogen-bond acceptors (Lipinski definition) is 3. The monoisotopic (exact) mass is 400 g/mol. The highest BCUT2D eigenvalue weighted by Gasteiger charge is 2.27. The van der Waals surface area contributed by atoms with Gasteiger partial charge in [-0.2, -0.15) is 0 Å². The van der Waals surface area contributed by atoms with Gasteiger partial charge in [0.25, 0.3) is 0 Å². The molecule has 0 fully saturated rings. The lowest BCUT2D eigenvalue weighted by molar-refractivity contribution is -0.155. The van der Waals surface area contributed by atoms with E-state index in [4.69, 9.17) is 9.47 Å². The molecule has 0 amide bonds. The maximum absolute atomic E-state index is 11.3. The smallest absolute Gasteiger partial charge is 0.333 e. The van der Waals surface area contributed by atoms with Gasteiger partial charge in [0.05, 0.1) is 0 Å². The molecule has 0 saturated heterocycles. The highest BCUT2D eigenvalue weighted by Crippen LogP contribution is 2.42. The molecule has 2 rings (SSSR count). The van der Waals surface area contributed by atoms with Gasteiger partial charge in [-0.25, -0.2) is 4.79 Å². The first-order chi connectivity index (χ1) is 13.7. The van der Waals surface area contributed by atoms with Crippen LogP contribution >= 0.6 is 0 Å². The number of ether oxygens (including phenoxy) is 2. The van der Waals surface area contributed by atoms with Gasteiger partial charge in [0.1, 0.15) is 0 Å². The fourth-order valence-electron chi connectivity index (χ4n) is 4.61. The summed E-state index contributed by atoms with van der Waals surface area (Å²) in [6.07, 6.45) is 16.0. The summed E-state index contributed by atoms with van der Waals surface area (Å²) >= 11 is 0. The third-order valence-corrected chi connectivity index (χ3v) is 6.46. The van der Waals surface area contributed by atoms with Gasteiger partial charge in [0.15, 0.2) is 0 Å². The van der Waals surface area contributed by atoms with E-state index in [1.54, 1.807) is 24.3 Å². The molecule has 162 valence electrons. The Balaban J connectivity index is 1.73. The lowest BCUT2D eigenvalue weighted by Crippen LogP contribution is -2.20. The van der Waals surface area contributed by atoms with E-state index in [2.05, 4.69) is 46.8 Å². The zero-order valence-electron chi connectivity index (χ0n) is 19.4. The van der Waals surface area contributed by atoms with Gasteiger partial charge in [-0.1, -0.05) is 48.3 Å². The average Bonchev–Trinajstić information content (AvgIpc) is 3.00. The van der Waals surface area contributed by atoms with Crippen molar-refractivity contribution in [2.75, 3.05) is 7.11 Å². The van der Waals surface area contributed by atoms with Gasteiger partial charge in [-0.3, -0.25) is 0 Å². The molecule has 0 bridgehead atoms. The predicted molar refractivity (Wildman–Crippen MR) is 121 cm³/mol. The molecule has 0 N–H and O–H groups in total. The highest BCUT2D eigenvalue weighted by atomic mass is 16.7. The molecule has 0 aromatic rings. The van der Waals surface area contributed by atoms with Gasteiger partial charge in [0.2, 0.25) is 6.29 Å². The quantitative estimate of drug-likeness (QED) is 0.287. The lowest BCUT2D eigenvalue weighted by atomic mass is 9.71. The minimum absolute atomic E-state index is 0.296. The van der Waals surface area contributed by atoms with Crippen LogP contribution in [0.25, 0.3) is 0 Å². The molecule has 0 radical (unpaired) electrons. The topological polar surface area (TPSA) is 35.5 Å². The number of esters is 1. The Labute approximate surface area is 177 Å². The van der Waals surface area contributed by atoms with E-state index in [1.807, 2.05) is 0 Å². The Morgan fingerprint density at radius 2 is 1.86 bits per heavy atom. The van der Waals surface area contributed by atoms with E-state index in [0.29, 0.717) is 5.41 Å². The molecule has 1 aliphatic heterocycles. The SMILES string of the molecule is COC1OC(=O)C=C1CC/C=C(\C)CC/C=C(\C)CCC1=C(C)CCCC1(C)C. The minimum atomic E-state index is -0.491. The lowest BCUT2D eigenvalue weighted by Gasteiger charge is -2.35. The van der Waals surface area contributed by atoms with Crippen LogP contribution in [-0.2, 0) is 14.3 Å². The fourth-order valence-corrected chi connectivity index (χ4v) is 4.61. The molecule has 1 atom stereocenters. The van der Waals surface area contributed by atoms with E-state index >= 15 is 0 Å². The number of hydrogen-bond donors (Lipinski definition) is 0. The fraction of sp³-hybridized carbons (Fsp3) is 0.654. The van der Waals surface area contributed by atoms with Crippen LogP contribution in [0.1, 0.15) is 92.4 Å². The van der Waals surface area contributed by atoms with Crippen LogP contribution in [0.3, 0.4) is 0 Å². The number of cyclic esters (lactones) is 1. The van der Waals surface area contributed by atoms with E-state index in [1.165, 1.54) is 43.3 Å². The van der Waals surface area contributed by atoms with Crippen LogP contribution < -0.4 is 0 Å². The van der Waals surface area contributed by atoms with Crippen molar-refractivity contribution in [1.29, 1.82) is 0 Å². The summed E-state index contributed by atoms with van der Waals surface area (Å²) in [5.41, 5.74) is 7.56. The molecule has 0 aromatic carbocycles. The Kier molecular flexibility index (Phi) is 8.95. The van der Waals surface area contributed by atoms with Crippen LogP contribution in [0.4, 0.5) is 0 Å². The Bertz CT molecular complexity index is 703. The molecule has 3 nitrogen and oxygen atoms in total. The van der Waals surface area contributed by atoms with Crippen LogP contribution in [0.5, 0.6) is 0 Å². The van der Waals surface area contributed by atoms with Gasteiger partial charge < -0.3 is 9.47 Å². The number of carbonyl (C=O) groups is 1. The normalized spacial score (nSPS) is 22.8. The number of carbonyl (C=O) groups excluding carboxylic acids is 1. The summed E-state index contributed by atoms with van der Waals surface area (Å²) in [7, 11) is 1.57. The van der Waals surface area contributed by atoms with Crippen molar-refractivity contribution in [3.05, 3.63) is 46.1 Å². The molecule has 3 heteroatoms. The van der Waals surface area contributed by atoms with Crippen LogP contribution in [0.15, 0.2) is 46.1 Å². The summed E-state index contributed by atoms with van der Waals surface area (Å²) in [6, 6.07) is 0. The first-order valence-electron chi connectivity index (χ1n) is 11.2. The largest absolute Gasteiger partial charge is 0.428 e. The summed E-state index contributed by atoms with van der Waals surface area (Å²) in [5.74, 6) is -0.296. The van der Waals surface area contributed by atoms with Gasteiger partial charge in [-0.15, -0.1) is 0 Å². The van der Waals surface area contributed by atoms with Gasteiger partial charge >= 0.3 is 5.97 Å². The third-order valence-electron chi connectivity index (χ3n) is 6.46. The molecule has 29 heavy (non-hydrogen) atoms. The summed E-state index contributed by atoms with van der Waals surface area (Å²) < 4.78 is 10.3. The van der Waals surface area contributed by atoms with Crippen molar-refractivity contribution in [3.8, 4) is 0 Å². The van der Waals surface area contributed by atoms with E-state index < -0.39 is 6.29 Å². The molecule has 2 aliphatic rings. The number of methoxy groups -OCH3 is 1. The van der Waals surface area contributed by atoms with Crippen molar-refractivity contribution < 1.29 is 14.3 Å². The van der Waals surface area contributed by atoms with Crippen LogP contribution in [0, 0.1) is 5.41 Å². The molecule has 0 aromatic heterocycles. The minimum Gasteiger partial charge on any atom is -0.428 e. The second kappa shape index (κ2) is 11.0. The first kappa shape index (κ1) is 23.7. The molecule has 1 aliphatic carbocycles. The zero-order chi connectivity index (χ0) is 21.4. The first-order valence-corrected chi connectivity index (χ1v) is 11.2. The average molecular weight is 401 g/mol. The Morgan fingerprint density at radius 3 is 2.55 bits per heavy atom. The van der Waals surface area contributed by atoms with E-state index in [-0.39, 0.29) is 5.97 Å². The molecule has 0 spiro atoms. The maximum Gasteiger partial charge on any atom is 0.333 e. The summed E-state index contributed by atoms with van der Waals surface area (Å²) in [5, 5.41) is 0. The summed E-state index contributed by atoms with van der Waals surface area (Å²) in [4.78, 5) is 11.3. The Hall–Kier alpha value is -1.61. The third kappa shape index (κ3) is 7.29. The molecular weight excluding hydrogens is 360 g/mol. The van der Waals surface area contributed by atoms with Crippen molar-refractivity contribution in [2.24, 2.45) is 5.41 Å². The second-order valence-electron chi connectivity index (χ2n) is 9.40. The van der Waals surface area contributed by atoms with Crippen molar-refractivity contribution in [2.45, 2.75) is 98.7 Å². The molecule has 1 heterocycles. The van der Waals surface area contributed by atoms with Gasteiger partial charge in [0, 0.05) is 18.8 Å². The van der Waals surface area contributed by atoms with Crippen LogP contribution in [-0.4, -0.2) is 19.4 Å². The standard InChI is InChI=1S/C26H40O3/c1-19(12-8-14-22-18-24(27)29-25(22)28-6)10-7-11-20(2)15-16-23-21(3)13-9-17-26(23,4)5/h11-12,18,25H,7-10,13-17H2,1-6H3/b19-12+,20-11+. The Morgan fingerprint density at radius 1 is 1.17 bits per heavy atom.